The number of H-pyrrole nitrogens is 1. The lowest BCUT2D eigenvalue weighted by molar-refractivity contribution is 0.0912. The van der Waals surface area contributed by atoms with Crippen molar-refractivity contribution in [2.75, 3.05) is 12.3 Å². The molecule has 1 aliphatic carbocycles. The predicted molar refractivity (Wildman–Crippen MR) is 78.7 cm³/mol. The van der Waals surface area contributed by atoms with E-state index in [0.29, 0.717) is 11.6 Å². The van der Waals surface area contributed by atoms with E-state index >= 15 is 0 Å². The van der Waals surface area contributed by atoms with Crippen LogP contribution in [0.2, 0.25) is 0 Å². The molecule has 1 atom stereocenters. The number of aromatic nitrogens is 2. The lowest BCUT2D eigenvalue weighted by Crippen LogP contribution is -2.29. The highest BCUT2D eigenvalue weighted by atomic mass is 16.3. The molecular weight excluding hydrogens is 268 g/mol. The zero-order valence-electron chi connectivity index (χ0n) is 11.5. The SMILES string of the molecule is Nc1c(C(=O)NCC(O)c2ccccc2)n[nH]c1C1CC1. The van der Waals surface area contributed by atoms with Crippen LogP contribution in [0.3, 0.4) is 0 Å². The molecule has 1 aliphatic rings. The maximum Gasteiger partial charge on any atom is 0.274 e. The number of hydrogen-bond acceptors (Lipinski definition) is 4. The molecule has 0 bridgehead atoms. The summed E-state index contributed by atoms with van der Waals surface area (Å²) < 4.78 is 0. The number of aliphatic hydroxyl groups is 1. The lowest BCUT2D eigenvalue weighted by atomic mass is 10.1. The number of aliphatic hydroxyl groups excluding tert-OH is 1. The number of carbonyl (C=O) groups is 1. The molecule has 6 heteroatoms. The zero-order valence-corrected chi connectivity index (χ0v) is 11.5. The van der Waals surface area contributed by atoms with Gasteiger partial charge in [-0.05, 0) is 18.4 Å². The van der Waals surface area contributed by atoms with Crippen molar-refractivity contribution in [2.45, 2.75) is 24.9 Å². The van der Waals surface area contributed by atoms with Crippen molar-refractivity contribution in [3.05, 3.63) is 47.3 Å². The number of nitrogens with zero attached hydrogens (tertiary/aromatic N) is 1. The van der Waals surface area contributed by atoms with Crippen LogP contribution in [-0.4, -0.2) is 27.8 Å². The molecule has 3 rings (SSSR count). The minimum atomic E-state index is -0.752. The van der Waals surface area contributed by atoms with Crippen LogP contribution in [0.1, 0.15) is 46.6 Å². The van der Waals surface area contributed by atoms with Gasteiger partial charge in [0, 0.05) is 12.5 Å². The molecule has 0 radical (unpaired) electrons. The number of aromatic amines is 1. The number of nitrogens with two attached hydrogens (primary N) is 1. The predicted octanol–water partition coefficient (Wildman–Crippen LogP) is 1.33. The molecule has 21 heavy (non-hydrogen) atoms. The molecule has 2 aromatic rings. The van der Waals surface area contributed by atoms with Crippen molar-refractivity contribution < 1.29 is 9.90 Å². The van der Waals surface area contributed by atoms with Crippen LogP contribution in [0, 0.1) is 0 Å². The molecule has 110 valence electrons. The molecule has 0 spiro atoms. The van der Waals surface area contributed by atoms with Gasteiger partial charge < -0.3 is 16.2 Å². The standard InChI is InChI=1S/C15H18N4O2/c16-12-13(10-6-7-10)18-19-14(12)15(21)17-8-11(20)9-4-2-1-3-5-9/h1-5,10-11,20H,6-8,16H2,(H,17,21)(H,18,19). The Kier molecular flexibility index (Phi) is 3.62. The first-order chi connectivity index (χ1) is 10.2. The molecule has 1 aromatic carbocycles. The van der Waals surface area contributed by atoms with E-state index in [1.807, 2.05) is 30.3 Å². The van der Waals surface area contributed by atoms with Crippen molar-refractivity contribution in [2.24, 2.45) is 0 Å². The summed E-state index contributed by atoms with van der Waals surface area (Å²) in [7, 11) is 0. The molecule has 1 amide bonds. The molecule has 0 aliphatic heterocycles. The van der Waals surface area contributed by atoms with Gasteiger partial charge in [-0.1, -0.05) is 30.3 Å². The van der Waals surface area contributed by atoms with E-state index in [9.17, 15) is 9.90 Å². The number of nitrogen functional groups attached to an aromatic ring is 1. The Bertz CT molecular complexity index is 634. The largest absolute Gasteiger partial charge is 0.395 e. The average Bonchev–Trinajstić information content (AvgIpc) is 3.28. The number of amides is 1. The van der Waals surface area contributed by atoms with Crippen molar-refractivity contribution in [3.8, 4) is 0 Å². The minimum Gasteiger partial charge on any atom is -0.395 e. The summed E-state index contributed by atoms with van der Waals surface area (Å²) in [6, 6.07) is 9.18. The number of anilines is 1. The van der Waals surface area contributed by atoms with Gasteiger partial charge in [-0.2, -0.15) is 5.10 Å². The molecule has 1 heterocycles. The third-order valence-electron chi connectivity index (χ3n) is 3.67. The molecular formula is C15H18N4O2. The fraction of sp³-hybridized carbons (Fsp3) is 0.333. The Morgan fingerprint density at radius 1 is 1.43 bits per heavy atom. The molecule has 5 N–H and O–H groups in total. The second-order valence-corrected chi connectivity index (χ2v) is 5.31. The Hall–Kier alpha value is -2.34. The normalized spacial score (nSPS) is 15.7. The van der Waals surface area contributed by atoms with Crippen molar-refractivity contribution in [1.29, 1.82) is 0 Å². The fourth-order valence-corrected chi connectivity index (χ4v) is 2.29. The highest BCUT2D eigenvalue weighted by Gasteiger charge is 2.30. The van der Waals surface area contributed by atoms with Crippen LogP contribution in [0.25, 0.3) is 0 Å². The molecule has 1 unspecified atom stereocenters. The Morgan fingerprint density at radius 2 is 2.14 bits per heavy atom. The van der Waals surface area contributed by atoms with Gasteiger partial charge in [0.25, 0.3) is 5.91 Å². The Balaban J connectivity index is 1.61. The third kappa shape index (κ3) is 2.90. The number of nitrogens with one attached hydrogen (secondary N) is 2. The summed E-state index contributed by atoms with van der Waals surface area (Å²) in [4.78, 5) is 12.1. The first kappa shape index (κ1) is 13.6. The highest BCUT2D eigenvalue weighted by Crippen LogP contribution is 2.42. The van der Waals surface area contributed by atoms with Gasteiger partial charge in [-0.3, -0.25) is 9.89 Å². The summed E-state index contributed by atoms with van der Waals surface area (Å²) in [5.41, 5.74) is 8.18. The van der Waals surface area contributed by atoms with Crippen LogP contribution in [-0.2, 0) is 0 Å². The first-order valence-corrected chi connectivity index (χ1v) is 7.01. The van der Waals surface area contributed by atoms with Gasteiger partial charge in [0.1, 0.15) is 0 Å². The summed E-state index contributed by atoms with van der Waals surface area (Å²) in [5.74, 6) is 0.0413. The van der Waals surface area contributed by atoms with E-state index in [1.165, 1.54) is 0 Å². The minimum absolute atomic E-state index is 0.119. The van der Waals surface area contributed by atoms with Gasteiger partial charge in [0.15, 0.2) is 5.69 Å². The van der Waals surface area contributed by atoms with Gasteiger partial charge in [-0.25, -0.2) is 0 Å². The first-order valence-electron chi connectivity index (χ1n) is 7.01. The summed E-state index contributed by atoms with van der Waals surface area (Å²) in [5, 5.41) is 19.5. The van der Waals surface area contributed by atoms with Crippen molar-refractivity contribution >= 4 is 11.6 Å². The van der Waals surface area contributed by atoms with E-state index in [0.717, 1.165) is 24.1 Å². The van der Waals surface area contributed by atoms with E-state index in [2.05, 4.69) is 15.5 Å². The van der Waals surface area contributed by atoms with E-state index < -0.39 is 6.10 Å². The lowest BCUT2D eigenvalue weighted by Gasteiger charge is -2.11. The number of hydrogen-bond donors (Lipinski definition) is 4. The topological polar surface area (TPSA) is 104 Å². The average molecular weight is 286 g/mol. The van der Waals surface area contributed by atoms with Crippen LogP contribution in [0.15, 0.2) is 30.3 Å². The zero-order chi connectivity index (χ0) is 14.8. The highest BCUT2D eigenvalue weighted by molar-refractivity contribution is 5.97. The maximum atomic E-state index is 12.1. The monoisotopic (exact) mass is 286 g/mol. The van der Waals surface area contributed by atoms with Gasteiger partial charge in [-0.15, -0.1) is 0 Å². The van der Waals surface area contributed by atoms with Crippen LogP contribution < -0.4 is 11.1 Å². The summed E-state index contributed by atoms with van der Waals surface area (Å²) >= 11 is 0. The van der Waals surface area contributed by atoms with Crippen LogP contribution in [0.4, 0.5) is 5.69 Å². The second kappa shape index (κ2) is 5.57. The van der Waals surface area contributed by atoms with Gasteiger partial charge >= 0.3 is 0 Å². The van der Waals surface area contributed by atoms with E-state index in [1.54, 1.807) is 0 Å². The fourth-order valence-electron chi connectivity index (χ4n) is 2.29. The smallest absolute Gasteiger partial charge is 0.274 e. The van der Waals surface area contributed by atoms with Crippen LogP contribution in [0.5, 0.6) is 0 Å². The molecule has 1 aromatic heterocycles. The number of rotatable bonds is 5. The van der Waals surface area contributed by atoms with Crippen LogP contribution >= 0.6 is 0 Å². The van der Waals surface area contributed by atoms with Gasteiger partial charge in [0.2, 0.25) is 0 Å². The maximum absolute atomic E-state index is 12.1. The van der Waals surface area contributed by atoms with Crippen molar-refractivity contribution in [1.82, 2.24) is 15.5 Å². The number of carbonyl (C=O) groups excluding carboxylic acids is 1. The molecule has 1 fully saturated rings. The quantitative estimate of drug-likeness (QED) is 0.665. The second-order valence-electron chi connectivity index (χ2n) is 5.31. The summed E-state index contributed by atoms with van der Waals surface area (Å²) in [6.07, 6.45) is 1.42. The van der Waals surface area contributed by atoms with Gasteiger partial charge in [0.05, 0.1) is 17.5 Å². The molecule has 1 saturated carbocycles. The third-order valence-corrected chi connectivity index (χ3v) is 3.67. The number of benzene rings is 1. The van der Waals surface area contributed by atoms with E-state index in [4.69, 9.17) is 5.73 Å². The summed E-state index contributed by atoms with van der Waals surface area (Å²) in [6.45, 7) is 0.119. The molecule has 0 saturated heterocycles. The Morgan fingerprint density at radius 3 is 2.81 bits per heavy atom. The van der Waals surface area contributed by atoms with Crippen molar-refractivity contribution in [3.63, 3.8) is 0 Å². The Labute approximate surface area is 122 Å². The van der Waals surface area contributed by atoms with E-state index in [-0.39, 0.29) is 18.1 Å². The molecule has 6 nitrogen and oxygen atoms in total.